The van der Waals surface area contributed by atoms with Gasteiger partial charge in [0.05, 0.1) is 0 Å². The molecule has 0 aliphatic heterocycles. The first-order valence-corrected chi connectivity index (χ1v) is 7.18. The molecule has 0 bridgehead atoms. The molecule has 1 saturated carbocycles. The highest BCUT2D eigenvalue weighted by atomic mass is 35.5. The summed E-state index contributed by atoms with van der Waals surface area (Å²) in [6.45, 7) is 0. The van der Waals surface area contributed by atoms with Gasteiger partial charge < -0.3 is 5.32 Å². The SMILES string of the molecule is CNC(Cc1ccc(F)cc1Cl)CC1CCCC1. The molecule has 1 nitrogen and oxygen atoms in total. The zero-order valence-electron chi connectivity index (χ0n) is 10.9. The normalized spacial score (nSPS) is 18.2. The van der Waals surface area contributed by atoms with Crippen LogP contribution >= 0.6 is 11.6 Å². The fraction of sp³-hybridized carbons (Fsp3) is 0.600. The standard InChI is InChI=1S/C15H21ClFN/c1-18-14(8-11-4-2-3-5-11)9-12-6-7-13(17)10-15(12)16/h6-7,10-11,14,18H,2-5,8-9H2,1H3. The van der Waals surface area contributed by atoms with Gasteiger partial charge in [-0.25, -0.2) is 4.39 Å². The minimum atomic E-state index is -0.263. The maximum absolute atomic E-state index is 13.0. The molecule has 0 saturated heterocycles. The summed E-state index contributed by atoms with van der Waals surface area (Å²) in [7, 11) is 2.00. The van der Waals surface area contributed by atoms with Crippen LogP contribution in [0, 0.1) is 11.7 Å². The molecule has 2 rings (SSSR count). The van der Waals surface area contributed by atoms with Gasteiger partial charge in [0, 0.05) is 11.1 Å². The van der Waals surface area contributed by atoms with E-state index in [1.807, 2.05) is 7.05 Å². The molecule has 1 aliphatic carbocycles. The molecule has 1 aliphatic rings. The second kappa shape index (κ2) is 6.53. The molecule has 18 heavy (non-hydrogen) atoms. The Bertz CT molecular complexity index is 388. The minimum Gasteiger partial charge on any atom is -0.317 e. The van der Waals surface area contributed by atoms with Gasteiger partial charge in [-0.15, -0.1) is 0 Å². The van der Waals surface area contributed by atoms with Gasteiger partial charge in [-0.2, -0.15) is 0 Å². The van der Waals surface area contributed by atoms with Gasteiger partial charge in [0.25, 0.3) is 0 Å². The van der Waals surface area contributed by atoms with Crippen molar-refractivity contribution in [3.63, 3.8) is 0 Å². The summed E-state index contributed by atoms with van der Waals surface area (Å²) < 4.78 is 13.0. The Morgan fingerprint density at radius 1 is 1.39 bits per heavy atom. The zero-order chi connectivity index (χ0) is 13.0. The van der Waals surface area contributed by atoms with Gasteiger partial charge in [0.15, 0.2) is 0 Å². The van der Waals surface area contributed by atoms with Crippen LogP contribution in [-0.2, 0) is 6.42 Å². The first kappa shape index (κ1) is 13.8. The molecule has 1 unspecified atom stereocenters. The number of halogens is 2. The Kier molecular flexibility index (Phi) is 5.02. The third-order valence-corrected chi connectivity index (χ3v) is 4.33. The summed E-state index contributed by atoms with van der Waals surface area (Å²) in [5.41, 5.74) is 1.04. The lowest BCUT2D eigenvalue weighted by atomic mass is 9.94. The summed E-state index contributed by atoms with van der Waals surface area (Å²) >= 11 is 6.08. The van der Waals surface area contributed by atoms with Gasteiger partial charge >= 0.3 is 0 Å². The van der Waals surface area contributed by atoms with Crippen LogP contribution in [0.25, 0.3) is 0 Å². The molecule has 0 heterocycles. The molecule has 0 aromatic heterocycles. The van der Waals surface area contributed by atoms with Crippen LogP contribution in [-0.4, -0.2) is 13.1 Å². The molecule has 100 valence electrons. The Morgan fingerprint density at radius 2 is 2.11 bits per heavy atom. The largest absolute Gasteiger partial charge is 0.317 e. The van der Waals surface area contributed by atoms with Crippen molar-refractivity contribution in [2.24, 2.45) is 5.92 Å². The van der Waals surface area contributed by atoms with Gasteiger partial charge in [0.1, 0.15) is 5.82 Å². The fourth-order valence-corrected chi connectivity index (χ4v) is 3.15. The molecular weight excluding hydrogens is 249 g/mol. The van der Waals surface area contributed by atoms with Gasteiger partial charge in [-0.1, -0.05) is 43.4 Å². The van der Waals surface area contributed by atoms with Crippen LogP contribution in [0.3, 0.4) is 0 Å². The van der Waals surface area contributed by atoms with Crippen molar-refractivity contribution in [2.75, 3.05) is 7.05 Å². The number of likely N-dealkylation sites (N-methyl/N-ethyl adjacent to an activating group) is 1. The number of hydrogen-bond acceptors (Lipinski definition) is 1. The zero-order valence-corrected chi connectivity index (χ0v) is 11.6. The van der Waals surface area contributed by atoms with E-state index >= 15 is 0 Å². The highest BCUT2D eigenvalue weighted by Crippen LogP contribution is 2.30. The fourth-order valence-electron chi connectivity index (χ4n) is 2.90. The number of benzene rings is 1. The van der Waals surface area contributed by atoms with Crippen molar-refractivity contribution < 1.29 is 4.39 Å². The molecular formula is C15H21ClFN. The first-order valence-electron chi connectivity index (χ1n) is 6.80. The maximum Gasteiger partial charge on any atom is 0.124 e. The minimum absolute atomic E-state index is 0.263. The predicted octanol–water partition coefficient (Wildman–Crippen LogP) is 4.19. The van der Waals surface area contributed by atoms with E-state index in [-0.39, 0.29) is 5.82 Å². The molecule has 0 radical (unpaired) electrons. The Hall–Kier alpha value is -0.600. The topological polar surface area (TPSA) is 12.0 Å². The second-order valence-corrected chi connectivity index (χ2v) is 5.72. The average Bonchev–Trinajstić information content (AvgIpc) is 2.84. The van der Waals surface area contributed by atoms with Crippen molar-refractivity contribution in [2.45, 2.75) is 44.6 Å². The molecule has 0 spiro atoms. The Morgan fingerprint density at radius 3 is 2.72 bits per heavy atom. The molecule has 1 aromatic rings. The van der Waals surface area contributed by atoms with E-state index in [2.05, 4.69) is 5.32 Å². The molecule has 1 fully saturated rings. The average molecular weight is 270 g/mol. The molecule has 1 atom stereocenters. The summed E-state index contributed by atoms with van der Waals surface area (Å²) in [5.74, 6) is 0.585. The van der Waals surface area contributed by atoms with Gasteiger partial charge in [0.2, 0.25) is 0 Å². The van der Waals surface area contributed by atoms with Crippen molar-refractivity contribution in [3.8, 4) is 0 Å². The van der Waals surface area contributed by atoms with E-state index in [1.165, 1.54) is 44.2 Å². The van der Waals surface area contributed by atoms with Crippen LogP contribution in [0.5, 0.6) is 0 Å². The lowest BCUT2D eigenvalue weighted by Gasteiger charge is -2.20. The Balaban J connectivity index is 1.96. The quantitative estimate of drug-likeness (QED) is 0.845. The molecule has 1 aromatic carbocycles. The summed E-state index contributed by atoms with van der Waals surface area (Å²) in [6, 6.07) is 5.13. The van der Waals surface area contributed by atoms with Crippen LogP contribution in [0.2, 0.25) is 5.02 Å². The highest BCUT2D eigenvalue weighted by molar-refractivity contribution is 6.31. The van der Waals surface area contributed by atoms with Gasteiger partial charge in [-0.3, -0.25) is 0 Å². The first-order chi connectivity index (χ1) is 8.69. The summed E-state index contributed by atoms with van der Waals surface area (Å²) in [4.78, 5) is 0. The summed E-state index contributed by atoms with van der Waals surface area (Å²) in [5, 5.41) is 3.91. The van der Waals surface area contributed by atoms with Crippen molar-refractivity contribution in [1.29, 1.82) is 0 Å². The Labute approximate surface area is 114 Å². The van der Waals surface area contributed by atoms with Crippen molar-refractivity contribution in [3.05, 3.63) is 34.6 Å². The molecule has 1 N–H and O–H groups in total. The highest BCUT2D eigenvalue weighted by Gasteiger charge is 2.20. The number of rotatable bonds is 5. The molecule has 0 amide bonds. The lowest BCUT2D eigenvalue weighted by Crippen LogP contribution is -2.29. The number of nitrogens with one attached hydrogen (secondary N) is 1. The summed E-state index contributed by atoms with van der Waals surface area (Å²) in [6.07, 6.45) is 7.54. The van der Waals surface area contributed by atoms with Crippen LogP contribution < -0.4 is 5.32 Å². The van der Waals surface area contributed by atoms with E-state index in [0.29, 0.717) is 11.1 Å². The molecule has 3 heteroatoms. The van der Waals surface area contributed by atoms with Crippen LogP contribution in [0.4, 0.5) is 4.39 Å². The van der Waals surface area contributed by atoms with Crippen LogP contribution in [0.1, 0.15) is 37.7 Å². The van der Waals surface area contributed by atoms with E-state index in [9.17, 15) is 4.39 Å². The maximum atomic E-state index is 13.0. The van der Waals surface area contributed by atoms with Gasteiger partial charge in [-0.05, 0) is 43.5 Å². The third kappa shape index (κ3) is 3.69. The van der Waals surface area contributed by atoms with E-state index in [1.54, 1.807) is 6.07 Å². The smallest absolute Gasteiger partial charge is 0.124 e. The van der Waals surface area contributed by atoms with E-state index in [4.69, 9.17) is 11.6 Å². The predicted molar refractivity (Wildman–Crippen MR) is 74.5 cm³/mol. The van der Waals surface area contributed by atoms with E-state index < -0.39 is 0 Å². The van der Waals surface area contributed by atoms with E-state index in [0.717, 1.165) is 17.9 Å². The lowest BCUT2D eigenvalue weighted by molar-refractivity contribution is 0.402. The number of hydrogen-bond donors (Lipinski definition) is 1. The second-order valence-electron chi connectivity index (χ2n) is 5.31. The van der Waals surface area contributed by atoms with Crippen LogP contribution in [0.15, 0.2) is 18.2 Å². The monoisotopic (exact) mass is 269 g/mol. The van der Waals surface area contributed by atoms with Crippen molar-refractivity contribution in [1.82, 2.24) is 5.32 Å². The van der Waals surface area contributed by atoms with Crippen molar-refractivity contribution >= 4 is 11.6 Å². The third-order valence-electron chi connectivity index (χ3n) is 3.98.